The Morgan fingerprint density at radius 3 is 1.60 bits per heavy atom. The minimum atomic E-state index is 0.813. The number of ether oxygens (including phenoxy) is 1. The van der Waals surface area contributed by atoms with Crippen molar-refractivity contribution in [3.63, 3.8) is 0 Å². The second-order valence-corrected chi connectivity index (χ2v) is 15.7. The first kappa shape index (κ1) is 35.6. The van der Waals surface area contributed by atoms with E-state index in [1.54, 1.807) is 0 Å². The Morgan fingerprint density at radius 1 is 0.323 bits per heavy atom. The van der Waals surface area contributed by atoms with E-state index in [4.69, 9.17) is 9.15 Å². The van der Waals surface area contributed by atoms with Gasteiger partial charge in [-0.2, -0.15) is 0 Å². The Labute approximate surface area is 359 Å². The molecule has 10 aromatic carbocycles. The highest BCUT2D eigenvalue weighted by atomic mass is 16.5. The molecule has 0 spiro atoms. The van der Waals surface area contributed by atoms with Gasteiger partial charge in [-0.05, 0) is 106 Å². The highest BCUT2D eigenvalue weighted by Gasteiger charge is 2.26. The number of hydrogen-bond acceptors (Lipinski definition) is 4. The van der Waals surface area contributed by atoms with Gasteiger partial charge in [-0.1, -0.05) is 152 Å². The van der Waals surface area contributed by atoms with Crippen molar-refractivity contribution >= 4 is 66.8 Å². The van der Waals surface area contributed by atoms with Crippen LogP contribution < -0.4 is 14.5 Å². The molecule has 0 unspecified atom stereocenters. The van der Waals surface area contributed by atoms with Gasteiger partial charge in [-0.3, -0.25) is 0 Å². The van der Waals surface area contributed by atoms with E-state index in [2.05, 4.69) is 228 Å². The Kier molecular flexibility index (Phi) is 8.46. The lowest BCUT2D eigenvalue weighted by atomic mass is 9.93. The van der Waals surface area contributed by atoms with Gasteiger partial charge in [-0.25, -0.2) is 0 Å². The lowest BCUT2D eigenvalue weighted by Crippen LogP contribution is -2.11. The first-order valence-electron chi connectivity index (χ1n) is 21.0. The largest absolute Gasteiger partial charge is 0.456 e. The van der Waals surface area contributed by atoms with Crippen LogP contribution in [0.5, 0.6) is 11.5 Å². The molecule has 2 heterocycles. The quantitative estimate of drug-likeness (QED) is 0.153. The zero-order valence-electron chi connectivity index (χ0n) is 33.7. The van der Waals surface area contributed by atoms with E-state index >= 15 is 0 Å². The van der Waals surface area contributed by atoms with Crippen molar-refractivity contribution in [3.05, 3.63) is 231 Å². The molecule has 0 aliphatic carbocycles. The predicted octanol–water partition coefficient (Wildman–Crippen LogP) is 16.8. The van der Waals surface area contributed by atoms with Crippen molar-refractivity contribution in [2.75, 3.05) is 9.80 Å². The van der Waals surface area contributed by atoms with Gasteiger partial charge in [-0.15, -0.1) is 0 Å². The first-order valence-corrected chi connectivity index (χ1v) is 21.0. The molecule has 0 saturated heterocycles. The summed E-state index contributed by atoms with van der Waals surface area (Å²) in [6, 6.07) is 81.4. The third kappa shape index (κ3) is 6.08. The highest BCUT2D eigenvalue weighted by Crippen LogP contribution is 2.52. The number of hydrogen-bond donors (Lipinski definition) is 0. The van der Waals surface area contributed by atoms with Gasteiger partial charge in [0, 0.05) is 50.5 Å². The van der Waals surface area contributed by atoms with Gasteiger partial charge in [0.25, 0.3) is 0 Å². The van der Waals surface area contributed by atoms with Gasteiger partial charge in [0.15, 0.2) is 5.58 Å². The number of benzene rings is 10. The minimum Gasteiger partial charge on any atom is -0.456 e. The number of anilines is 6. The van der Waals surface area contributed by atoms with Crippen molar-refractivity contribution in [1.82, 2.24) is 0 Å². The average Bonchev–Trinajstić information content (AvgIpc) is 3.73. The van der Waals surface area contributed by atoms with Crippen LogP contribution in [-0.2, 0) is 0 Å². The minimum absolute atomic E-state index is 0.813. The molecule has 0 atom stereocenters. The van der Waals surface area contributed by atoms with Gasteiger partial charge < -0.3 is 19.0 Å². The topological polar surface area (TPSA) is 28.9 Å². The second-order valence-electron chi connectivity index (χ2n) is 15.7. The summed E-state index contributed by atoms with van der Waals surface area (Å²) in [5.41, 5.74) is 14.8. The van der Waals surface area contributed by atoms with Crippen molar-refractivity contribution < 1.29 is 9.15 Å². The van der Waals surface area contributed by atoms with E-state index in [9.17, 15) is 0 Å². The van der Waals surface area contributed by atoms with E-state index in [-0.39, 0.29) is 0 Å². The average molecular weight is 795 g/mol. The van der Waals surface area contributed by atoms with E-state index in [1.807, 2.05) is 12.1 Å². The summed E-state index contributed by atoms with van der Waals surface area (Å²) in [5, 5.41) is 4.34. The maximum absolute atomic E-state index is 6.94. The molecule has 4 nitrogen and oxygen atoms in total. The van der Waals surface area contributed by atoms with Crippen LogP contribution in [0.1, 0.15) is 0 Å². The normalized spacial score (nSPS) is 11.7. The summed E-state index contributed by atoms with van der Waals surface area (Å²) >= 11 is 0. The van der Waals surface area contributed by atoms with Crippen LogP contribution in [0.15, 0.2) is 235 Å². The third-order valence-electron chi connectivity index (χ3n) is 12.0. The fraction of sp³-hybridized carbons (Fsp3) is 0. The van der Waals surface area contributed by atoms with Crippen LogP contribution in [0.25, 0.3) is 66.1 Å². The van der Waals surface area contributed by atoms with E-state index in [0.717, 1.165) is 101 Å². The summed E-state index contributed by atoms with van der Waals surface area (Å²) in [6.07, 6.45) is 0. The molecule has 12 rings (SSSR count). The molecule has 1 aromatic heterocycles. The van der Waals surface area contributed by atoms with Crippen LogP contribution >= 0.6 is 0 Å². The van der Waals surface area contributed by atoms with Gasteiger partial charge in [0.05, 0.1) is 11.4 Å². The monoisotopic (exact) mass is 794 g/mol. The Hall–Kier alpha value is -8.34. The predicted molar refractivity (Wildman–Crippen MR) is 257 cm³/mol. The maximum atomic E-state index is 6.94. The van der Waals surface area contributed by atoms with Crippen molar-refractivity contribution in [1.29, 1.82) is 0 Å². The second kappa shape index (κ2) is 14.7. The molecule has 1 aliphatic heterocycles. The lowest BCUT2D eigenvalue weighted by molar-refractivity contribution is 0.487. The van der Waals surface area contributed by atoms with Crippen LogP contribution in [-0.4, -0.2) is 0 Å². The van der Waals surface area contributed by atoms with Gasteiger partial charge in [0.1, 0.15) is 17.1 Å². The molecule has 0 fully saturated rings. The van der Waals surface area contributed by atoms with Gasteiger partial charge in [0.2, 0.25) is 0 Å². The Balaban J connectivity index is 0.984. The number of nitrogens with zero attached hydrogens (tertiary/aromatic N) is 2. The highest BCUT2D eigenvalue weighted by molar-refractivity contribution is 6.11. The van der Waals surface area contributed by atoms with Crippen LogP contribution in [0.3, 0.4) is 0 Å². The van der Waals surface area contributed by atoms with Crippen molar-refractivity contribution in [2.45, 2.75) is 0 Å². The third-order valence-corrected chi connectivity index (χ3v) is 12.0. The molecule has 0 bridgehead atoms. The van der Waals surface area contributed by atoms with Gasteiger partial charge >= 0.3 is 0 Å². The molecule has 62 heavy (non-hydrogen) atoms. The molecule has 4 heteroatoms. The summed E-state index contributed by atoms with van der Waals surface area (Å²) in [4.78, 5) is 4.59. The summed E-state index contributed by atoms with van der Waals surface area (Å²) in [5.74, 6) is 1.63. The molecule has 0 amide bonds. The summed E-state index contributed by atoms with van der Waals surface area (Å²) in [7, 11) is 0. The number of fused-ring (bicyclic) bond motifs is 5. The van der Waals surface area contributed by atoms with Crippen LogP contribution in [0, 0.1) is 0 Å². The molecule has 11 aromatic rings. The Bertz CT molecular complexity index is 3380. The Morgan fingerprint density at radius 2 is 0.887 bits per heavy atom. The SMILES string of the molecule is c1ccc(-c2ccc(-c3ccc(N(c4cc5c6c(cccc6c4)-c4cc(N(c6ccccc6)c6ccccc6)ccc4O5)c4cccc5c4oc4ccccc45)cc3)cc2)cc1. The van der Waals surface area contributed by atoms with Crippen molar-refractivity contribution in [3.8, 4) is 44.9 Å². The van der Waals surface area contributed by atoms with E-state index in [1.165, 1.54) is 11.1 Å². The summed E-state index contributed by atoms with van der Waals surface area (Å²) < 4.78 is 13.6. The smallest absolute Gasteiger partial charge is 0.159 e. The maximum Gasteiger partial charge on any atom is 0.159 e. The fourth-order valence-corrected chi connectivity index (χ4v) is 9.11. The fourth-order valence-electron chi connectivity index (χ4n) is 9.11. The first-order chi connectivity index (χ1) is 30.7. The van der Waals surface area contributed by atoms with Crippen LogP contribution in [0.4, 0.5) is 34.1 Å². The molecule has 292 valence electrons. The number of para-hydroxylation sites is 4. The number of rotatable bonds is 8. The standard InChI is InChI=1S/C58H38N2O2/c1-4-14-39(15-5-1)40-26-28-41(29-27-40)42-30-32-46(33-31-42)60(53-24-13-23-51-49-21-10-11-25-54(49)62-58(51)53)48-36-43-16-12-22-50-52-37-47(34-35-55(52)61-56(38-48)57(43)50)59(44-17-6-2-7-18-44)45-19-8-3-9-20-45/h1-38H. The molecular formula is C58H38N2O2. The zero-order chi connectivity index (χ0) is 41.0. The molecular weight excluding hydrogens is 757 g/mol. The number of furan rings is 1. The van der Waals surface area contributed by atoms with E-state index < -0.39 is 0 Å². The zero-order valence-corrected chi connectivity index (χ0v) is 33.7. The molecule has 1 aliphatic rings. The van der Waals surface area contributed by atoms with E-state index in [0.29, 0.717) is 0 Å². The summed E-state index contributed by atoms with van der Waals surface area (Å²) in [6.45, 7) is 0. The van der Waals surface area contributed by atoms with Crippen molar-refractivity contribution in [2.24, 2.45) is 0 Å². The molecule has 0 N–H and O–H groups in total. The lowest BCUT2D eigenvalue weighted by Gasteiger charge is -2.30. The van der Waals surface area contributed by atoms with Crippen LogP contribution in [0.2, 0.25) is 0 Å². The molecule has 0 saturated carbocycles. The molecule has 0 radical (unpaired) electrons.